The summed E-state index contributed by atoms with van der Waals surface area (Å²) in [7, 11) is 0. The highest BCUT2D eigenvalue weighted by atomic mass is 32.2. The second kappa shape index (κ2) is 8.84. The molecule has 2 rings (SSSR count). The van der Waals surface area contributed by atoms with Crippen LogP contribution < -0.4 is 10.9 Å². The fourth-order valence-electron chi connectivity index (χ4n) is 2.46. The van der Waals surface area contributed by atoms with Crippen LogP contribution in [0.1, 0.15) is 26.1 Å². The number of aliphatic hydroxyl groups excluding tert-OH is 1. The molecule has 6 nitrogen and oxygen atoms in total. The van der Waals surface area contributed by atoms with Crippen LogP contribution in [0, 0.1) is 5.92 Å². The smallest absolute Gasteiger partial charge is 0.258 e. The Morgan fingerprint density at radius 3 is 2.83 bits per heavy atom. The quantitative estimate of drug-likeness (QED) is 0.674. The molecule has 0 saturated heterocycles. The summed E-state index contributed by atoms with van der Waals surface area (Å²) >= 11 is 1.38. The number of fused-ring (bicyclic) bond motifs is 1. The average Bonchev–Trinajstić information content (AvgIpc) is 2.54. The SMILES string of the molecule is CC(C)C[C@@H](CO)NC(=O)CSCc1nc2ccccc2c(=O)[nH]1. The van der Waals surface area contributed by atoms with Crippen molar-refractivity contribution in [2.45, 2.75) is 32.1 Å². The number of rotatable bonds is 8. The Morgan fingerprint density at radius 1 is 1.38 bits per heavy atom. The Kier molecular flexibility index (Phi) is 6.81. The van der Waals surface area contributed by atoms with E-state index in [1.54, 1.807) is 18.2 Å². The summed E-state index contributed by atoms with van der Waals surface area (Å²) in [6, 6.07) is 6.95. The molecule has 0 aliphatic carbocycles. The molecule has 0 radical (unpaired) electrons. The van der Waals surface area contributed by atoms with E-state index in [4.69, 9.17) is 0 Å². The van der Waals surface area contributed by atoms with Crippen molar-refractivity contribution in [3.05, 3.63) is 40.4 Å². The lowest BCUT2D eigenvalue weighted by molar-refractivity contribution is -0.119. The van der Waals surface area contributed by atoms with Crippen LogP contribution >= 0.6 is 11.8 Å². The highest BCUT2D eigenvalue weighted by Gasteiger charge is 2.13. The number of nitrogens with one attached hydrogen (secondary N) is 2. The van der Waals surface area contributed by atoms with Gasteiger partial charge < -0.3 is 15.4 Å². The van der Waals surface area contributed by atoms with Crippen LogP contribution in [0.25, 0.3) is 10.9 Å². The molecule has 0 saturated carbocycles. The Hall–Kier alpha value is -1.86. The van der Waals surface area contributed by atoms with Crippen molar-refractivity contribution < 1.29 is 9.90 Å². The van der Waals surface area contributed by atoms with E-state index in [0.29, 0.717) is 28.4 Å². The van der Waals surface area contributed by atoms with Crippen LogP contribution in [-0.2, 0) is 10.5 Å². The zero-order valence-corrected chi connectivity index (χ0v) is 14.7. The molecule has 0 aliphatic rings. The van der Waals surface area contributed by atoms with Crippen molar-refractivity contribution in [1.82, 2.24) is 15.3 Å². The number of nitrogens with zero attached hydrogens (tertiary/aromatic N) is 1. The van der Waals surface area contributed by atoms with E-state index in [1.165, 1.54) is 11.8 Å². The molecule has 7 heteroatoms. The Labute approximate surface area is 145 Å². The number of aromatic amines is 1. The van der Waals surface area contributed by atoms with Gasteiger partial charge in [0.15, 0.2) is 0 Å². The third-order valence-electron chi connectivity index (χ3n) is 3.48. The van der Waals surface area contributed by atoms with E-state index in [1.807, 2.05) is 19.9 Å². The monoisotopic (exact) mass is 349 g/mol. The van der Waals surface area contributed by atoms with Crippen LogP contribution in [0.2, 0.25) is 0 Å². The van der Waals surface area contributed by atoms with Crippen molar-refractivity contribution in [1.29, 1.82) is 0 Å². The summed E-state index contributed by atoms with van der Waals surface area (Å²) in [5.41, 5.74) is 0.483. The van der Waals surface area contributed by atoms with Crippen LogP contribution in [0.3, 0.4) is 0 Å². The summed E-state index contributed by atoms with van der Waals surface area (Å²) in [4.78, 5) is 31.0. The minimum Gasteiger partial charge on any atom is -0.394 e. The number of benzene rings is 1. The van der Waals surface area contributed by atoms with Gasteiger partial charge in [-0.3, -0.25) is 9.59 Å². The number of thioether (sulfide) groups is 1. The Bertz CT molecular complexity index is 745. The number of para-hydroxylation sites is 1. The van der Waals surface area contributed by atoms with Gasteiger partial charge in [-0.2, -0.15) is 0 Å². The summed E-state index contributed by atoms with van der Waals surface area (Å²) in [5, 5.41) is 12.7. The lowest BCUT2D eigenvalue weighted by Crippen LogP contribution is -2.39. The number of amides is 1. The molecule has 0 unspecified atom stereocenters. The predicted octanol–water partition coefficient (Wildman–Crippen LogP) is 1.68. The van der Waals surface area contributed by atoms with Gasteiger partial charge in [0.25, 0.3) is 5.56 Å². The maximum atomic E-state index is 12.0. The first-order valence-electron chi connectivity index (χ1n) is 7.95. The van der Waals surface area contributed by atoms with E-state index in [2.05, 4.69) is 15.3 Å². The van der Waals surface area contributed by atoms with Crippen LogP contribution in [-0.4, -0.2) is 39.4 Å². The number of carbonyl (C=O) groups is 1. The van der Waals surface area contributed by atoms with E-state index >= 15 is 0 Å². The van der Waals surface area contributed by atoms with E-state index in [0.717, 1.165) is 6.42 Å². The van der Waals surface area contributed by atoms with E-state index in [9.17, 15) is 14.7 Å². The highest BCUT2D eigenvalue weighted by molar-refractivity contribution is 7.99. The van der Waals surface area contributed by atoms with Gasteiger partial charge in [-0.15, -0.1) is 11.8 Å². The molecular formula is C17H23N3O3S. The molecule has 0 aliphatic heterocycles. The van der Waals surface area contributed by atoms with Crippen molar-refractivity contribution in [2.24, 2.45) is 5.92 Å². The van der Waals surface area contributed by atoms with Gasteiger partial charge in [-0.25, -0.2) is 4.98 Å². The average molecular weight is 349 g/mol. The molecule has 0 spiro atoms. The Morgan fingerprint density at radius 2 is 2.12 bits per heavy atom. The lowest BCUT2D eigenvalue weighted by Gasteiger charge is -2.18. The summed E-state index contributed by atoms with van der Waals surface area (Å²) in [6.45, 7) is 4.03. The number of carbonyl (C=O) groups excluding carboxylic acids is 1. The first kappa shape index (κ1) is 18.5. The minimum atomic E-state index is -0.211. The van der Waals surface area contributed by atoms with Crippen molar-refractivity contribution in [3.63, 3.8) is 0 Å². The molecule has 1 aromatic carbocycles. The fourth-order valence-corrected chi connectivity index (χ4v) is 3.16. The first-order chi connectivity index (χ1) is 11.5. The molecule has 2 aromatic rings. The topological polar surface area (TPSA) is 95.1 Å². The number of aliphatic hydroxyl groups is 1. The first-order valence-corrected chi connectivity index (χ1v) is 9.11. The number of hydrogen-bond donors (Lipinski definition) is 3. The van der Waals surface area contributed by atoms with Gasteiger partial charge in [0, 0.05) is 0 Å². The van der Waals surface area contributed by atoms with Gasteiger partial charge in [0.2, 0.25) is 5.91 Å². The summed E-state index contributed by atoms with van der Waals surface area (Å²) < 4.78 is 0. The molecule has 130 valence electrons. The van der Waals surface area contributed by atoms with Gasteiger partial charge in [0.05, 0.1) is 35.1 Å². The minimum absolute atomic E-state index is 0.0614. The normalized spacial score (nSPS) is 12.5. The second-order valence-electron chi connectivity index (χ2n) is 6.10. The molecule has 1 heterocycles. The standard InChI is InChI=1S/C17H23N3O3S/c1-11(2)7-12(8-21)18-16(22)10-24-9-15-19-14-6-4-3-5-13(14)17(23)20-15/h3-6,11-12,21H,7-10H2,1-2H3,(H,18,22)(H,19,20,23)/t12-/m0/s1. The van der Waals surface area contributed by atoms with Crippen molar-refractivity contribution in [3.8, 4) is 0 Å². The zero-order valence-electron chi connectivity index (χ0n) is 13.9. The highest BCUT2D eigenvalue weighted by Crippen LogP contribution is 2.11. The number of hydrogen-bond acceptors (Lipinski definition) is 5. The summed E-state index contributed by atoms with van der Waals surface area (Å²) in [5.74, 6) is 1.54. The predicted molar refractivity (Wildman–Crippen MR) is 97.0 cm³/mol. The zero-order chi connectivity index (χ0) is 17.5. The maximum absolute atomic E-state index is 12.0. The lowest BCUT2D eigenvalue weighted by atomic mass is 10.0. The summed E-state index contributed by atoms with van der Waals surface area (Å²) in [6.07, 6.45) is 0.743. The van der Waals surface area contributed by atoms with Crippen molar-refractivity contribution in [2.75, 3.05) is 12.4 Å². The largest absolute Gasteiger partial charge is 0.394 e. The van der Waals surface area contributed by atoms with E-state index < -0.39 is 0 Å². The van der Waals surface area contributed by atoms with Crippen LogP contribution in [0.4, 0.5) is 0 Å². The molecule has 3 N–H and O–H groups in total. The Balaban J connectivity index is 1.87. The molecular weight excluding hydrogens is 326 g/mol. The van der Waals surface area contributed by atoms with Crippen molar-refractivity contribution >= 4 is 28.6 Å². The van der Waals surface area contributed by atoms with Crippen LogP contribution in [0.5, 0.6) is 0 Å². The molecule has 1 amide bonds. The molecule has 24 heavy (non-hydrogen) atoms. The molecule has 1 atom stereocenters. The maximum Gasteiger partial charge on any atom is 0.258 e. The van der Waals surface area contributed by atoms with E-state index in [-0.39, 0.29) is 29.9 Å². The number of H-pyrrole nitrogens is 1. The third kappa shape index (κ3) is 5.35. The molecule has 0 bridgehead atoms. The van der Waals surface area contributed by atoms with Crippen LogP contribution in [0.15, 0.2) is 29.1 Å². The van der Waals surface area contributed by atoms with Gasteiger partial charge in [-0.05, 0) is 24.5 Å². The molecule has 0 fully saturated rings. The number of aromatic nitrogens is 2. The van der Waals surface area contributed by atoms with Gasteiger partial charge in [0.1, 0.15) is 5.82 Å². The van der Waals surface area contributed by atoms with Gasteiger partial charge >= 0.3 is 0 Å². The van der Waals surface area contributed by atoms with Gasteiger partial charge in [-0.1, -0.05) is 26.0 Å². The third-order valence-corrected chi connectivity index (χ3v) is 4.42. The fraction of sp³-hybridized carbons (Fsp3) is 0.471. The second-order valence-corrected chi connectivity index (χ2v) is 7.08. The molecule has 1 aromatic heterocycles.